The third-order valence-corrected chi connectivity index (χ3v) is 3.78. The molecule has 1 N–H and O–H groups in total. The van der Waals surface area contributed by atoms with Gasteiger partial charge in [-0.2, -0.15) is 5.10 Å². The van der Waals surface area contributed by atoms with Crippen molar-refractivity contribution in [3.8, 4) is 11.5 Å². The predicted molar refractivity (Wildman–Crippen MR) is 83.4 cm³/mol. The van der Waals surface area contributed by atoms with Gasteiger partial charge in [0.2, 0.25) is 6.10 Å². The zero-order chi connectivity index (χ0) is 15.6. The minimum atomic E-state index is -0.644. The number of benzene rings is 1. The Labute approximate surface area is 132 Å². The topological polar surface area (TPSA) is 64.9 Å². The van der Waals surface area contributed by atoms with Crippen molar-refractivity contribution in [2.45, 2.75) is 12.6 Å². The molecule has 0 saturated carbocycles. The Balaban J connectivity index is 1.44. The summed E-state index contributed by atoms with van der Waals surface area (Å²) in [5, 5.41) is 7.08. The van der Waals surface area contributed by atoms with Gasteiger partial charge in [0.25, 0.3) is 5.91 Å². The molecule has 0 saturated heterocycles. The third kappa shape index (κ3) is 2.59. The van der Waals surface area contributed by atoms with Crippen LogP contribution in [0.1, 0.15) is 5.56 Å². The maximum atomic E-state index is 12.3. The number of rotatable bonds is 3. The van der Waals surface area contributed by atoms with Gasteiger partial charge in [0.1, 0.15) is 6.61 Å². The summed E-state index contributed by atoms with van der Waals surface area (Å²) in [6.07, 6.45) is 2.96. The zero-order valence-electron chi connectivity index (χ0n) is 12.3. The van der Waals surface area contributed by atoms with Crippen LogP contribution in [-0.4, -0.2) is 28.2 Å². The van der Waals surface area contributed by atoms with Crippen LogP contribution in [-0.2, 0) is 11.3 Å². The van der Waals surface area contributed by atoms with E-state index in [-0.39, 0.29) is 12.5 Å². The summed E-state index contributed by atoms with van der Waals surface area (Å²) < 4.78 is 13.0. The van der Waals surface area contributed by atoms with E-state index in [1.54, 1.807) is 16.8 Å². The number of pyridine rings is 1. The fourth-order valence-corrected chi connectivity index (χ4v) is 2.61. The predicted octanol–water partition coefficient (Wildman–Crippen LogP) is 1.79. The van der Waals surface area contributed by atoms with Crippen molar-refractivity contribution in [2.75, 3.05) is 6.61 Å². The molecule has 0 spiro atoms. The monoisotopic (exact) mass is 309 g/mol. The Hall–Kier alpha value is -3.02. The minimum absolute atomic E-state index is 0.193. The maximum Gasteiger partial charge on any atom is 0.264 e. The molecule has 0 aliphatic carbocycles. The number of nitrogens with zero attached hydrogens (tertiary/aromatic N) is 2. The van der Waals surface area contributed by atoms with Crippen molar-refractivity contribution in [1.29, 1.82) is 0 Å². The molecule has 0 radical (unpaired) electrons. The van der Waals surface area contributed by atoms with Gasteiger partial charge >= 0.3 is 0 Å². The summed E-state index contributed by atoms with van der Waals surface area (Å²) in [6.45, 7) is 0.621. The van der Waals surface area contributed by atoms with Gasteiger partial charge in [-0.1, -0.05) is 18.2 Å². The standard InChI is InChI=1S/C17H15N3O3/c21-17(16-11-22-14-5-1-2-6-15(14)23-16)18-10-12-4-3-9-20-13(12)7-8-19-20/h1-9,16H,10-11H2,(H,18,21). The van der Waals surface area contributed by atoms with Gasteiger partial charge in [-0.3, -0.25) is 4.79 Å². The first-order valence-electron chi connectivity index (χ1n) is 7.39. The highest BCUT2D eigenvalue weighted by atomic mass is 16.6. The second kappa shape index (κ2) is 5.64. The lowest BCUT2D eigenvalue weighted by Gasteiger charge is -2.25. The highest BCUT2D eigenvalue weighted by Crippen LogP contribution is 2.30. The highest BCUT2D eigenvalue weighted by molar-refractivity contribution is 5.82. The van der Waals surface area contributed by atoms with E-state index in [0.717, 1.165) is 11.1 Å². The number of carbonyl (C=O) groups is 1. The SMILES string of the molecule is O=C(NCc1cccn2nccc12)C1COc2ccccc2O1. The van der Waals surface area contributed by atoms with E-state index in [1.807, 2.05) is 42.6 Å². The van der Waals surface area contributed by atoms with E-state index >= 15 is 0 Å². The number of amides is 1. The minimum Gasteiger partial charge on any atom is -0.485 e. The Morgan fingerprint density at radius 3 is 3.00 bits per heavy atom. The van der Waals surface area contributed by atoms with Crippen LogP contribution in [0, 0.1) is 0 Å². The lowest BCUT2D eigenvalue weighted by Crippen LogP contribution is -2.43. The summed E-state index contributed by atoms with van der Waals surface area (Å²) in [7, 11) is 0. The second-order valence-corrected chi connectivity index (χ2v) is 5.28. The summed E-state index contributed by atoms with van der Waals surface area (Å²) in [5.74, 6) is 1.07. The van der Waals surface area contributed by atoms with E-state index in [2.05, 4.69) is 10.4 Å². The smallest absolute Gasteiger partial charge is 0.264 e. The van der Waals surface area contributed by atoms with Crippen LogP contribution in [0.4, 0.5) is 0 Å². The first-order chi connectivity index (χ1) is 11.3. The largest absolute Gasteiger partial charge is 0.485 e. The van der Waals surface area contributed by atoms with E-state index in [9.17, 15) is 4.79 Å². The fraction of sp³-hybridized carbons (Fsp3) is 0.176. The van der Waals surface area contributed by atoms with Crippen molar-refractivity contribution < 1.29 is 14.3 Å². The molecule has 116 valence electrons. The van der Waals surface area contributed by atoms with Crippen molar-refractivity contribution in [1.82, 2.24) is 14.9 Å². The number of nitrogens with one attached hydrogen (secondary N) is 1. The summed E-state index contributed by atoms with van der Waals surface area (Å²) in [4.78, 5) is 12.3. The highest BCUT2D eigenvalue weighted by Gasteiger charge is 2.27. The summed E-state index contributed by atoms with van der Waals surface area (Å²) >= 11 is 0. The number of hydrogen-bond acceptors (Lipinski definition) is 4. The van der Waals surface area contributed by atoms with Crippen LogP contribution < -0.4 is 14.8 Å². The maximum absolute atomic E-state index is 12.3. The molecule has 1 atom stereocenters. The molecule has 2 aromatic heterocycles. The molecule has 1 aromatic carbocycles. The number of hydrogen-bond donors (Lipinski definition) is 1. The van der Waals surface area contributed by atoms with Crippen molar-refractivity contribution in [2.24, 2.45) is 0 Å². The van der Waals surface area contributed by atoms with Gasteiger partial charge in [0, 0.05) is 18.9 Å². The first-order valence-corrected chi connectivity index (χ1v) is 7.39. The molecule has 6 nitrogen and oxygen atoms in total. The Morgan fingerprint density at radius 2 is 2.09 bits per heavy atom. The van der Waals surface area contributed by atoms with E-state index in [0.29, 0.717) is 18.0 Å². The Morgan fingerprint density at radius 1 is 1.22 bits per heavy atom. The van der Waals surface area contributed by atoms with Gasteiger partial charge in [-0.05, 0) is 29.8 Å². The van der Waals surface area contributed by atoms with Crippen molar-refractivity contribution in [3.63, 3.8) is 0 Å². The molecular weight excluding hydrogens is 294 g/mol. The van der Waals surface area contributed by atoms with Gasteiger partial charge < -0.3 is 14.8 Å². The molecule has 1 unspecified atom stereocenters. The molecule has 1 aliphatic heterocycles. The molecule has 3 heterocycles. The van der Waals surface area contributed by atoms with E-state index in [1.165, 1.54) is 0 Å². The van der Waals surface area contributed by atoms with E-state index in [4.69, 9.17) is 9.47 Å². The molecule has 1 aliphatic rings. The molecule has 23 heavy (non-hydrogen) atoms. The number of aromatic nitrogens is 2. The lowest BCUT2D eigenvalue weighted by molar-refractivity contribution is -0.130. The van der Waals surface area contributed by atoms with Crippen LogP contribution in [0.5, 0.6) is 11.5 Å². The lowest BCUT2D eigenvalue weighted by atomic mass is 10.2. The molecule has 4 rings (SSSR count). The van der Waals surface area contributed by atoms with Gasteiger partial charge in [-0.15, -0.1) is 0 Å². The number of carbonyl (C=O) groups excluding carboxylic acids is 1. The third-order valence-electron chi connectivity index (χ3n) is 3.78. The summed E-state index contributed by atoms with van der Waals surface area (Å²) in [5.41, 5.74) is 1.97. The average molecular weight is 309 g/mol. The molecule has 0 fully saturated rings. The van der Waals surface area contributed by atoms with Gasteiger partial charge in [-0.25, -0.2) is 4.52 Å². The Bertz CT molecular complexity index is 859. The van der Waals surface area contributed by atoms with Crippen LogP contribution in [0.25, 0.3) is 5.52 Å². The first kappa shape index (κ1) is 13.6. The van der Waals surface area contributed by atoms with Gasteiger partial charge in [0.05, 0.1) is 5.52 Å². The average Bonchev–Trinajstić information content (AvgIpc) is 3.08. The van der Waals surface area contributed by atoms with Crippen LogP contribution in [0.15, 0.2) is 54.9 Å². The zero-order valence-corrected chi connectivity index (χ0v) is 12.3. The fourth-order valence-electron chi connectivity index (χ4n) is 2.61. The number of ether oxygens (including phenoxy) is 2. The number of para-hydroxylation sites is 2. The molecule has 1 amide bonds. The molecular formula is C17H15N3O3. The molecule has 0 bridgehead atoms. The quantitative estimate of drug-likeness (QED) is 0.801. The van der Waals surface area contributed by atoms with Crippen LogP contribution in [0.2, 0.25) is 0 Å². The second-order valence-electron chi connectivity index (χ2n) is 5.28. The van der Waals surface area contributed by atoms with Crippen LogP contribution in [0.3, 0.4) is 0 Å². The van der Waals surface area contributed by atoms with Crippen LogP contribution >= 0.6 is 0 Å². The van der Waals surface area contributed by atoms with E-state index < -0.39 is 6.10 Å². The molecule has 6 heteroatoms. The van der Waals surface area contributed by atoms with Crippen molar-refractivity contribution >= 4 is 11.4 Å². The summed E-state index contributed by atoms with van der Waals surface area (Å²) in [6, 6.07) is 13.1. The van der Waals surface area contributed by atoms with Crippen molar-refractivity contribution in [3.05, 3.63) is 60.4 Å². The molecule has 3 aromatic rings. The number of fused-ring (bicyclic) bond motifs is 2. The normalized spacial score (nSPS) is 16.3. The Kier molecular flexibility index (Phi) is 3.34. The van der Waals surface area contributed by atoms with Gasteiger partial charge in [0.15, 0.2) is 11.5 Å².